The molecule has 3 heterocycles. The molecule has 2 aliphatic carbocycles. The molecule has 2 fully saturated rings. The Kier molecular flexibility index (Phi) is 6.21. The summed E-state index contributed by atoms with van der Waals surface area (Å²) in [5, 5.41) is 23.1. The van der Waals surface area contributed by atoms with Crippen LogP contribution in [0.4, 0.5) is 10.3 Å². The summed E-state index contributed by atoms with van der Waals surface area (Å²) in [6.45, 7) is 2.08. The quantitative estimate of drug-likeness (QED) is 0.358. The number of halogens is 1. The number of hydrogen-bond acceptors (Lipinski definition) is 5. The standard InChI is InChI=1S/C28H33FN6O/c1-18(13-19-5-9-22(29)10-6-19)32-28-30-16-27-25(21-15-31-34(17-21)23-3-2-4-23)14-26(35(27)33-28)20-7-11-24(36)12-8-20/h5-6,9-10,14-18,20,23-24,36H,2-4,7-8,11-13H2,1H3,(H,32,33). The first-order valence-corrected chi connectivity index (χ1v) is 13.2. The van der Waals surface area contributed by atoms with Crippen molar-refractivity contribution in [2.75, 3.05) is 5.32 Å². The van der Waals surface area contributed by atoms with E-state index in [0.717, 1.165) is 54.3 Å². The van der Waals surface area contributed by atoms with Crippen LogP contribution in [0, 0.1) is 5.82 Å². The van der Waals surface area contributed by atoms with Crippen molar-refractivity contribution < 1.29 is 9.50 Å². The van der Waals surface area contributed by atoms with Crippen LogP contribution in [0.3, 0.4) is 0 Å². The predicted molar refractivity (Wildman–Crippen MR) is 138 cm³/mol. The molecule has 1 atom stereocenters. The Labute approximate surface area is 210 Å². The third-order valence-corrected chi connectivity index (χ3v) is 7.85. The molecule has 6 rings (SSSR count). The number of aliphatic hydroxyl groups is 1. The van der Waals surface area contributed by atoms with Crippen LogP contribution < -0.4 is 5.32 Å². The maximum absolute atomic E-state index is 13.3. The molecule has 8 heteroatoms. The smallest absolute Gasteiger partial charge is 0.241 e. The molecule has 36 heavy (non-hydrogen) atoms. The number of nitrogens with one attached hydrogen (secondary N) is 1. The molecule has 4 aromatic rings. The fraction of sp³-hybridized carbons (Fsp3) is 0.464. The molecule has 1 aromatic carbocycles. The van der Waals surface area contributed by atoms with E-state index in [2.05, 4.69) is 39.3 Å². The van der Waals surface area contributed by atoms with E-state index in [1.54, 1.807) is 0 Å². The number of rotatable bonds is 7. The fourth-order valence-corrected chi connectivity index (χ4v) is 5.55. The molecule has 0 bridgehead atoms. The van der Waals surface area contributed by atoms with Crippen LogP contribution in [-0.4, -0.2) is 41.6 Å². The number of benzene rings is 1. The van der Waals surface area contributed by atoms with Gasteiger partial charge in [-0.1, -0.05) is 12.1 Å². The third kappa shape index (κ3) is 4.62. The van der Waals surface area contributed by atoms with Crippen molar-refractivity contribution in [3.63, 3.8) is 0 Å². The fourth-order valence-electron chi connectivity index (χ4n) is 5.55. The molecule has 0 aliphatic heterocycles. The van der Waals surface area contributed by atoms with Crippen molar-refractivity contribution in [1.29, 1.82) is 0 Å². The van der Waals surface area contributed by atoms with Gasteiger partial charge in [0.2, 0.25) is 5.95 Å². The molecule has 2 aliphatic rings. The average molecular weight is 489 g/mol. The molecule has 0 amide bonds. The van der Waals surface area contributed by atoms with Gasteiger partial charge in [0.1, 0.15) is 5.82 Å². The number of aliphatic hydroxyl groups excluding tert-OH is 1. The van der Waals surface area contributed by atoms with E-state index in [-0.39, 0.29) is 18.0 Å². The van der Waals surface area contributed by atoms with Crippen molar-refractivity contribution >= 4 is 11.5 Å². The predicted octanol–water partition coefficient (Wildman–Crippen LogP) is 5.52. The van der Waals surface area contributed by atoms with Gasteiger partial charge in [0.15, 0.2) is 0 Å². The van der Waals surface area contributed by atoms with Crippen LogP contribution >= 0.6 is 0 Å². The third-order valence-electron chi connectivity index (χ3n) is 7.85. The first-order valence-electron chi connectivity index (χ1n) is 13.2. The summed E-state index contributed by atoms with van der Waals surface area (Å²) in [4.78, 5) is 4.66. The summed E-state index contributed by atoms with van der Waals surface area (Å²) < 4.78 is 17.4. The topological polar surface area (TPSA) is 80.3 Å². The van der Waals surface area contributed by atoms with E-state index < -0.39 is 0 Å². The van der Waals surface area contributed by atoms with E-state index >= 15 is 0 Å². The lowest BCUT2D eigenvalue weighted by molar-refractivity contribution is 0.121. The highest BCUT2D eigenvalue weighted by atomic mass is 19.1. The average Bonchev–Trinajstić information content (AvgIpc) is 3.45. The normalized spacial score (nSPS) is 21.4. The molecule has 7 nitrogen and oxygen atoms in total. The van der Waals surface area contributed by atoms with Crippen LogP contribution in [0.5, 0.6) is 0 Å². The van der Waals surface area contributed by atoms with Gasteiger partial charge in [-0.15, -0.1) is 5.10 Å². The van der Waals surface area contributed by atoms with Gasteiger partial charge in [0, 0.05) is 35.0 Å². The lowest BCUT2D eigenvalue weighted by Crippen LogP contribution is -2.21. The van der Waals surface area contributed by atoms with E-state index in [0.29, 0.717) is 17.9 Å². The number of aromatic nitrogens is 5. The van der Waals surface area contributed by atoms with E-state index in [1.165, 1.54) is 37.1 Å². The molecule has 0 saturated heterocycles. The Morgan fingerprint density at radius 1 is 1.08 bits per heavy atom. The number of nitrogens with zero attached hydrogens (tertiary/aromatic N) is 5. The SMILES string of the molecule is CC(Cc1ccc(F)cc1)Nc1ncc2c(-c3cnn(C4CCC4)c3)cc(C3CCC(O)CC3)n2n1. The van der Waals surface area contributed by atoms with Crippen LogP contribution in [0.2, 0.25) is 0 Å². The maximum atomic E-state index is 13.3. The second kappa shape index (κ2) is 9.65. The van der Waals surface area contributed by atoms with Gasteiger partial charge in [-0.25, -0.2) is 13.9 Å². The zero-order valence-corrected chi connectivity index (χ0v) is 20.6. The summed E-state index contributed by atoms with van der Waals surface area (Å²) in [6, 6.07) is 9.46. The summed E-state index contributed by atoms with van der Waals surface area (Å²) in [6.07, 6.45) is 13.7. The summed E-state index contributed by atoms with van der Waals surface area (Å²) in [7, 11) is 0. The van der Waals surface area contributed by atoms with Crippen LogP contribution in [-0.2, 0) is 6.42 Å². The second-order valence-corrected chi connectivity index (χ2v) is 10.5. The molecule has 0 spiro atoms. The minimum Gasteiger partial charge on any atom is -0.393 e. The van der Waals surface area contributed by atoms with E-state index in [1.807, 2.05) is 29.0 Å². The van der Waals surface area contributed by atoms with Crippen LogP contribution in [0.15, 0.2) is 48.9 Å². The maximum Gasteiger partial charge on any atom is 0.241 e. The molecular weight excluding hydrogens is 455 g/mol. The Hall–Kier alpha value is -3.26. The summed E-state index contributed by atoms with van der Waals surface area (Å²) >= 11 is 0. The highest BCUT2D eigenvalue weighted by Crippen LogP contribution is 2.38. The summed E-state index contributed by atoms with van der Waals surface area (Å²) in [5.74, 6) is 0.690. The van der Waals surface area contributed by atoms with E-state index in [4.69, 9.17) is 5.10 Å². The lowest BCUT2D eigenvalue weighted by atomic mass is 9.85. The second-order valence-electron chi connectivity index (χ2n) is 10.5. The van der Waals surface area contributed by atoms with Crippen molar-refractivity contribution in [3.05, 3.63) is 66.0 Å². The van der Waals surface area contributed by atoms with Crippen LogP contribution in [0.25, 0.3) is 16.6 Å². The summed E-state index contributed by atoms with van der Waals surface area (Å²) in [5.41, 5.74) is 5.40. The number of hydrogen-bond donors (Lipinski definition) is 2. The monoisotopic (exact) mass is 488 g/mol. The van der Waals surface area contributed by atoms with Crippen molar-refractivity contribution in [3.8, 4) is 11.1 Å². The Balaban J connectivity index is 1.31. The van der Waals surface area contributed by atoms with Gasteiger partial charge >= 0.3 is 0 Å². The molecular formula is C28H33FN6O. The van der Waals surface area contributed by atoms with Crippen molar-refractivity contribution in [1.82, 2.24) is 24.4 Å². The van der Waals surface area contributed by atoms with Gasteiger partial charge in [-0.2, -0.15) is 5.10 Å². The lowest BCUT2D eigenvalue weighted by Gasteiger charge is -2.25. The minimum atomic E-state index is -0.224. The van der Waals surface area contributed by atoms with Gasteiger partial charge in [0.05, 0.1) is 30.1 Å². The van der Waals surface area contributed by atoms with Crippen molar-refractivity contribution in [2.24, 2.45) is 0 Å². The van der Waals surface area contributed by atoms with Gasteiger partial charge in [0.25, 0.3) is 0 Å². The minimum absolute atomic E-state index is 0.0805. The zero-order chi connectivity index (χ0) is 24.6. The highest BCUT2D eigenvalue weighted by Gasteiger charge is 2.27. The first-order chi connectivity index (χ1) is 17.5. The highest BCUT2D eigenvalue weighted by molar-refractivity contribution is 5.81. The van der Waals surface area contributed by atoms with Gasteiger partial charge < -0.3 is 10.4 Å². The molecule has 188 valence electrons. The van der Waals surface area contributed by atoms with Crippen molar-refractivity contribution in [2.45, 2.75) is 82.4 Å². The number of fused-ring (bicyclic) bond motifs is 1. The van der Waals surface area contributed by atoms with E-state index in [9.17, 15) is 9.50 Å². The molecule has 3 aromatic heterocycles. The molecule has 0 radical (unpaired) electrons. The first kappa shape index (κ1) is 23.2. The molecule has 1 unspecified atom stereocenters. The molecule has 2 N–H and O–H groups in total. The Morgan fingerprint density at radius 3 is 2.58 bits per heavy atom. The van der Waals surface area contributed by atoms with Crippen LogP contribution in [0.1, 0.15) is 75.1 Å². The molecule has 2 saturated carbocycles. The Morgan fingerprint density at radius 2 is 1.86 bits per heavy atom. The zero-order valence-electron chi connectivity index (χ0n) is 20.6. The Bertz CT molecular complexity index is 1330. The van der Waals surface area contributed by atoms with Gasteiger partial charge in [-0.05, 0) is 82.1 Å². The largest absolute Gasteiger partial charge is 0.393 e. The van der Waals surface area contributed by atoms with Gasteiger partial charge in [-0.3, -0.25) is 4.68 Å². The number of anilines is 1.